The maximum Gasteiger partial charge on any atom is 0.359 e. The number of aromatic nitrogens is 2. The second-order valence-electron chi connectivity index (χ2n) is 15.4. The van der Waals surface area contributed by atoms with E-state index in [-0.39, 0.29) is 12.5 Å². The molecule has 342 valence electrons. The van der Waals surface area contributed by atoms with E-state index in [1.807, 2.05) is 84.9 Å². The lowest BCUT2D eigenvalue weighted by Crippen LogP contribution is -2.57. The number of nitrogens with zero attached hydrogens (tertiary/aromatic N) is 2. The summed E-state index contributed by atoms with van der Waals surface area (Å²) in [4.78, 5) is 103. The van der Waals surface area contributed by atoms with Gasteiger partial charge in [0, 0.05) is 31.9 Å². The molecule has 1 aliphatic rings. The van der Waals surface area contributed by atoms with E-state index in [0.29, 0.717) is 56.0 Å². The van der Waals surface area contributed by atoms with Crippen LogP contribution in [0.15, 0.2) is 91.1 Å². The van der Waals surface area contributed by atoms with Crippen LogP contribution in [0.25, 0.3) is 11.3 Å². The van der Waals surface area contributed by atoms with Gasteiger partial charge in [-0.1, -0.05) is 85.6 Å². The third kappa shape index (κ3) is 15.0. The van der Waals surface area contributed by atoms with Crippen LogP contribution < -0.4 is 35.9 Å². The molecule has 0 saturated heterocycles. The summed E-state index contributed by atoms with van der Waals surface area (Å²) in [5.41, 5.74) is 4.36. The van der Waals surface area contributed by atoms with Crippen LogP contribution in [0.2, 0.25) is 0 Å². The number of hydrogen-bond donors (Lipinski definition) is 8. The van der Waals surface area contributed by atoms with E-state index in [2.05, 4.69) is 26.6 Å². The van der Waals surface area contributed by atoms with Gasteiger partial charge in [-0.3, -0.25) is 38.9 Å². The lowest BCUT2D eigenvalue weighted by Gasteiger charge is -2.23. The standard InChI is InChI=1S/C46H51N7O12/c1-28(54)48-35(25-40(57)58)44(62)52-36(26-41(59)60)45(63)51-34(24-39(55)56)43(61)47-19-10-2-3-11-20-65-32-18-12-15-30(21-32)23-37-46(64)53-27-38(31-16-8-5-9-17-31)49-33(42(53)50-37)22-29-13-6-4-7-14-29/h4-9,12-18,21,27,34-37H,2-3,10-11,19-20,22-26H2,1H3,(H7,47,48,51,52,54,55,56,57,58,59,60,61,62,63)/p+1/t34-,35-,36-,37?/m0/s1. The quantitative estimate of drug-likeness (QED) is 0.0350. The smallest absolute Gasteiger partial charge is 0.359 e. The Morgan fingerprint density at radius 3 is 1.89 bits per heavy atom. The molecule has 1 unspecified atom stereocenters. The molecule has 5 rings (SSSR count). The number of aliphatic carboxylic acids is 3. The topological polar surface area (TPSA) is 283 Å². The molecule has 8 N–H and O–H groups in total. The fourth-order valence-electron chi connectivity index (χ4n) is 7.12. The number of carboxylic acids is 3. The zero-order valence-electron chi connectivity index (χ0n) is 35.7. The van der Waals surface area contributed by atoms with Gasteiger partial charge < -0.3 is 41.3 Å². The number of ether oxygens (including phenoxy) is 1. The van der Waals surface area contributed by atoms with Gasteiger partial charge in [-0.05, 0) is 36.1 Å². The van der Waals surface area contributed by atoms with Crippen molar-refractivity contribution >= 4 is 53.3 Å². The van der Waals surface area contributed by atoms with Crippen LogP contribution in [0.4, 0.5) is 5.82 Å². The fourth-order valence-corrected chi connectivity index (χ4v) is 7.12. The van der Waals surface area contributed by atoms with Gasteiger partial charge >= 0.3 is 29.6 Å². The summed E-state index contributed by atoms with van der Waals surface area (Å²) in [6, 6.07) is 21.6. The first-order valence-electron chi connectivity index (χ1n) is 21.0. The molecule has 0 fully saturated rings. The van der Waals surface area contributed by atoms with Crippen LogP contribution in [0, 0.1) is 0 Å². The molecule has 1 aromatic heterocycles. The highest BCUT2D eigenvalue weighted by atomic mass is 16.5. The van der Waals surface area contributed by atoms with Crippen LogP contribution in [-0.2, 0) is 46.4 Å². The van der Waals surface area contributed by atoms with Crippen molar-refractivity contribution in [2.75, 3.05) is 18.5 Å². The Balaban J connectivity index is 1.07. The van der Waals surface area contributed by atoms with E-state index in [4.69, 9.17) is 14.8 Å². The Bertz CT molecular complexity index is 2350. The SMILES string of the molecule is CC(=O)N[C@@H](CC(=O)O)C(=O)N[C@@H](CC(=O)O)C(=O)N[C@@H](CC(=O)O)C(=O)NCCCCCCOc1cccc(CC2Nc3c(Cc4ccccc4)nc(-c4ccccc4)c[n+]3C2=O)c1. The normalized spacial score (nSPS) is 14.1. The fraction of sp³-hybridized carbons (Fsp3) is 0.348. The maximum absolute atomic E-state index is 13.8. The number of anilines is 1. The third-order valence-corrected chi connectivity index (χ3v) is 10.2. The Morgan fingerprint density at radius 1 is 0.708 bits per heavy atom. The Kier molecular flexibility index (Phi) is 17.6. The van der Waals surface area contributed by atoms with Crippen molar-refractivity contribution < 1.29 is 63.0 Å². The van der Waals surface area contributed by atoms with Crippen molar-refractivity contribution in [3.05, 3.63) is 108 Å². The zero-order chi connectivity index (χ0) is 46.9. The minimum absolute atomic E-state index is 0.0847. The van der Waals surface area contributed by atoms with Crippen molar-refractivity contribution in [3.63, 3.8) is 0 Å². The first-order valence-corrected chi connectivity index (χ1v) is 21.0. The maximum atomic E-state index is 13.8. The molecular formula is C46H52N7O12+. The van der Waals surface area contributed by atoms with Gasteiger partial charge in [-0.15, -0.1) is 0 Å². The third-order valence-electron chi connectivity index (χ3n) is 10.2. The molecule has 2 heterocycles. The van der Waals surface area contributed by atoms with E-state index in [0.717, 1.165) is 35.7 Å². The number of unbranched alkanes of at least 4 members (excludes halogenated alkanes) is 3. The summed E-state index contributed by atoms with van der Waals surface area (Å²) in [6.45, 7) is 1.55. The molecule has 3 aromatic carbocycles. The molecular weight excluding hydrogens is 843 g/mol. The number of rotatable bonds is 25. The van der Waals surface area contributed by atoms with Crippen LogP contribution in [0.5, 0.6) is 5.75 Å². The van der Waals surface area contributed by atoms with E-state index in [9.17, 15) is 48.6 Å². The van der Waals surface area contributed by atoms with Gasteiger partial charge in [0.1, 0.15) is 41.5 Å². The minimum atomic E-state index is -1.84. The summed E-state index contributed by atoms with van der Waals surface area (Å²) in [6.07, 6.45) is 2.59. The van der Waals surface area contributed by atoms with E-state index in [1.165, 1.54) is 0 Å². The number of carboxylic acid groups (broad SMARTS) is 3. The number of carbonyl (C=O) groups excluding carboxylic acids is 5. The number of benzene rings is 3. The second kappa shape index (κ2) is 23.7. The number of hydrogen-bond acceptors (Lipinski definition) is 11. The highest BCUT2D eigenvalue weighted by Crippen LogP contribution is 2.26. The van der Waals surface area contributed by atoms with Gasteiger partial charge in [0.25, 0.3) is 0 Å². The Hall–Kier alpha value is -7.70. The second-order valence-corrected chi connectivity index (χ2v) is 15.4. The summed E-state index contributed by atoms with van der Waals surface area (Å²) in [7, 11) is 0. The predicted molar refractivity (Wildman–Crippen MR) is 232 cm³/mol. The van der Waals surface area contributed by atoms with Gasteiger partial charge in [-0.25, -0.2) is 9.78 Å². The molecule has 0 bridgehead atoms. The highest BCUT2D eigenvalue weighted by Gasteiger charge is 2.41. The molecule has 4 aromatic rings. The summed E-state index contributed by atoms with van der Waals surface area (Å²) in [5, 5.41) is 40.1. The molecule has 0 radical (unpaired) electrons. The van der Waals surface area contributed by atoms with Crippen molar-refractivity contribution in [2.45, 2.75) is 88.9 Å². The lowest BCUT2D eigenvalue weighted by atomic mass is 10.1. The average molecular weight is 895 g/mol. The zero-order valence-corrected chi connectivity index (χ0v) is 35.7. The predicted octanol–water partition coefficient (Wildman–Crippen LogP) is 2.26. The highest BCUT2D eigenvalue weighted by molar-refractivity contribution is 5.97. The molecule has 19 nitrogen and oxygen atoms in total. The minimum Gasteiger partial charge on any atom is -0.494 e. The first-order chi connectivity index (χ1) is 31.2. The number of fused-ring (bicyclic) bond motifs is 1. The van der Waals surface area contributed by atoms with E-state index < -0.39 is 85.0 Å². The van der Waals surface area contributed by atoms with Crippen molar-refractivity contribution in [2.24, 2.45) is 0 Å². The van der Waals surface area contributed by atoms with Crippen molar-refractivity contribution in [1.29, 1.82) is 0 Å². The number of carbonyl (C=O) groups is 8. The summed E-state index contributed by atoms with van der Waals surface area (Å²) in [5.74, 6) is -7.21. The van der Waals surface area contributed by atoms with Gasteiger partial charge in [-0.2, -0.15) is 4.57 Å². The van der Waals surface area contributed by atoms with Gasteiger partial charge in [0.2, 0.25) is 23.6 Å². The molecule has 0 saturated carbocycles. The van der Waals surface area contributed by atoms with Gasteiger partial charge in [0.15, 0.2) is 6.04 Å². The Morgan fingerprint density at radius 2 is 1.28 bits per heavy atom. The van der Waals surface area contributed by atoms with E-state index >= 15 is 0 Å². The first kappa shape index (κ1) is 48.3. The monoisotopic (exact) mass is 894 g/mol. The molecule has 0 aliphatic carbocycles. The van der Waals surface area contributed by atoms with Crippen LogP contribution in [-0.4, -0.2) is 105 Å². The average Bonchev–Trinajstić information content (AvgIpc) is 3.58. The molecule has 65 heavy (non-hydrogen) atoms. The number of nitrogens with one attached hydrogen (secondary N) is 5. The van der Waals surface area contributed by atoms with Crippen molar-refractivity contribution in [3.8, 4) is 17.0 Å². The molecule has 19 heteroatoms. The summed E-state index contributed by atoms with van der Waals surface area (Å²) < 4.78 is 7.69. The Labute approximate surface area is 374 Å². The molecule has 4 amide bonds. The summed E-state index contributed by atoms with van der Waals surface area (Å²) >= 11 is 0. The van der Waals surface area contributed by atoms with E-state index in [1.54, 1.807) is 10.8 Å². The largest absolute Gasteiger partial charge is 0.494 e. The van der Waals surface area contributed by atoms with Crippen LogP contribution >= 0.6 is 0 Å². The van der Waals surface area contributed by atoms with Gasteiger partial charge in [0.05, 0.1) is 25.9 Å². The number of amides is 4. The molecule has 4 atom stereocenters. The molecule has 0 spiro atoms. The van der Waals surface area contributed by atoms with Crippen LogP contribution in [0.1, 0.15) is 73.5 Å². The van der Waals surface area contributed by atoms with Crippen molar-refractivity contribution in [1.82, 2.24) is 26.3 Å². The lowest BCUT2D eigenvalue weighted by molar-refractivity contribution is -0.552. The molecule has 1 aliphatic heterocycles. The van der Waals surface area contributed by atoms with Crippen LogP contribution in [0.3, 0.4) is 0 Å².